The number of carbonyl (C=O) groups is 1. The Balaban J connectivity index is 0.00000300. The van der Waals surface area contributed by atoms with Crippen molar-refractivity contribution in [2.45, 2.75) is 51.0 Å². The average Bonchev–Trinajstić information content (AvgIpc) is 3.38. The van der Waals surface area contributed by atoms with Gasteiger partial charge in [-0.1, -0.05) is 25.8 Å². The van der Waals surface area contributed by atoms with E-state index in [1.54, 1.807) is 13.1 Å². The molecule has 0 bridgehead atoms. The fourth-order valence-corrected chi connectivity index (χ4v) is 4.08. The first kappa shape index (κ1) is 23.8. The number of amides is 1. The molecule has 2 aliphatic rings. The Hall–Kier alpha value is -1.45. The van der Waals surface area contributed by atoms with Gasteiger partial charge in [0, 0.05) is 38.6 Å². The molecule has 2 fully saturated rings. The van der Waals surface area contributed by atoms with Gasteiger partial charge in [0.1, 0.15) is 0 Å². The van der Waals surface area contributed by atoms with Crippen molar-refractivity contribution in [3.8, 4) is 0 Å². The largest absolute Gasteiger partial charge is 0.356 e. The number of likely N-dealkylation sites (tertiary alicyclic amines) is 1. The van der Waals surface area contributed by atoms with Crippen molar-refractivity contribution in [2.24, 2.45) is 10.9 Å². The van der Waals surface area contributed by atoms with Crippen LogP contribution in [-0.2, 0) is 4.79 Å². The second kappa shape index (κ2) is 11.1. The molecule has 0 aromatic heterocycles. The van der Waals surface area contributed by atoms with Gasteiger partial charge < -0.3 is 15.5 Å². The molecular weight excluding hydrogens is 489 g/mol. The third-order valence-electron chi connectivity index (χ3n) is 5.86. The molecule has 1 aliphatic heterocycles. The molecule has 2 unspecified atom stereocenters. The van der Waals surface area contributed by atoms with Crippen molar-refractivity contribution in [3.63, 3.8) is 0 Å². The minimum absolute atomic E-state index is 0. The highest BCUT2D eigenvalue weighted by Gasteiger charge is 2.32. The second-order valence-corrected chi connectivity index (χ2v) is 7.92. The first-order chi connectivity index (χ1) is 13.5. The van der Waals surface area contributed by atoms with Gasteiger partial charge in [-0.15, -0.1) is 24.0 Å². The molecule has 1 saturated carbocycles. The van der Waals surface area contributed by atoms with Crippen molar-refractivity contribution in [2.75, 3.05) is 26.7 Å². The summed E-state index contributed by atoms with van der Waals surface area (Å²) < 4.78 is 26.5. The van der Waals surface area contributed by atoms with E-state index in [0.29, 0.717) is 25.0 Å². The molecule has 5 nitrogen and oxygen atoms in total. The van der Waals surface area contributed by atoms with Gasteiger partial charge in [-0.25, -0.2) is 8.78 Å². The third kappa shape index (κ3) is 6.26. The van der Waals surface area contributed by atoms with E-state index in [-0.39, 0.29) is 41.9 Å². The van der Waals surface area contributed by atoms with Gasteiger partial charge in [-0.05, 0) is 42.9 Å². The minimum atomic E-state index is -0.834. The predicted octanol–water partition coefficient (Wildman–Crippen LogP) is 3.64. The standard InChI is InChI=1S/C21H30F2N4O.HI/c1-14(16-7-8-18(22)19(23)11-16)12-25-21(24-2)26-17-9-10-27(13-17)20(28)15-5-3-4-6-15;/h7-8,11,14-15,17H,3-6,9-10,12-13H2,1-2H3,(H2,24,25,26);1H. The van der Waals surface area contributed by atoms with Crippen molar-refractivity contribution < 1.29 is 13.6 Å². The number of benzene rings is 1. The number of rotatable bonds is 5. The summed E-state index contributed by atoms with van der Waals surface area (Å²) in [6.45, 7) is 3.98. The van der Waals surface area contributed by atoms with Gasteiger partial charge in [0.25, 0.3) is 0 Å². The van der Waals surface area contributed by atoms with Crippen molar-refractivity contribution in [3.05, 3.63) is 35.4 Å². The fraction of sp³-hybridized carbons (Fsp3) is 0.619. The highest BCUT2D eigenvalue weighted by atomic mass is 127. The van der Waals surface area contributed by atoms with E-state index in [1.165, 1.54) is 18.9 Å². The number of carbonyl (C=O) groups excluding carboxylic acids is 1. The maximum Gasteiger partial charge on any atom is 0.225 e. The number of hydrogen-bond acceptors (Lipinski definition) is 2. The molecule has 0 radical (unpaired) electrons. The Morgan fingerprint density at radius 2 is 1.97 bits per heavy atom. The smallest absolute Gasteiger partial charge is 0.225 e. The molecule has 1 saturated heterocycles. The summed E-state index contributed by atoms with van der Waals surface area (Å²) in [7, 11) is 1.70. The maximum atomic E-state index is 13.4. The molecule has 0 spiro atoms. The van der Waals surface area contributed by atoms with Gasteiger partial charge in [0.15, 0.2) is 17.6 Å². The van der Waals surface area contributed by atoms with Crippen LogP contribution in [0, 0.1) is 17.6 Å². The van der Waals surface area contributed by atoms with Gasteiger partial charge in [-0.3, -0.25) is 9.79 Å². The molecule has 2 atom stereocenters. The summed E-state index contributed by atoms with van der Waals surface area (Å²) in [6, 6.07) is 4.17. The zero-order chi connectivity index (χ0) is 20.1. The molecule has 1 heterocycles. The highest BCUT2D eigenvalue weighted by molar-refractivity contribution is 14.0. The third-order valence-corrected chi connectivity index (χ3v) is 5.86. The Labute approximate surface area is 188 Å². The molecule has 2 N–H and O–H groups in total. The average molecular weight is 520 g/mol. The van der Waals surface area contributed by atoms with Crippen LogP contribution >= 0.6 is 24.0 Å². The lowest BCUT2D eigenvalue weighted by Crippen LogP contribution is -2.46. The summed E-state index contributed by atoms with van der Waals surface area (Å²) in [4.78, 5) is 18.8. The number of hydrogen-bond donors (Lipinski definition) is 2. The van der Waals surface area contributed by atoms with Gasteiger partial charge in [0.2, 0.25) is 5.91 Å². The van der Waals surface area contributed by atoms with Crippen LogP contribution in [0.5, 0.6) is 0 Å². The fourth-order valence-electron chi connectivity index (χ4n) is 4.08. The monoisotopic (exact) mass is 520 g/mol. The molecular formula is C21H31F2IN4O. The van der Waals surface area contributed by atoms with E-state index in [1.807, 2.05) is 11.8 Å². The molecule has 1 aliphatic carbocycles. The topological polar surface area (TPSA) is 56.7 Å². The first-order valence-electron chi connectivity index (χ1n) is 10.2. The minimum Gasteiger partial charge on any atom is -0.356 e. The van der Waals surface area contributed by atoms with E-state index >= 15 is 0 Å². The number of guanidine groups is 1. The number of aliphatic imine (C=N–C) groups is 1. The second-order valence-electron chi connectivity index (χ2n) is 7.92. The quantitative estimate of drug-likeness (QED) is 0.354. The molecule has 162 valence electrons. The summed E-state index contributed by atoms with van der Waals surface area (Å²) in [5, 5.41) is 6.63. The van der Waals surface area contributed by atoms with E-state index < -0.39 is 11.6 Å². The predicted molar refractivity (Wildman–Crippen MR) is 122 cm³/mol. The molecule has 1 aromatic rings. The van der Waals surface area contributed by atoms with Crippen LogP contribution in [-0.4, -0.2) is 49.5 Å². The number of nitrogens with one attached hydrogen (secondary N) is 2. The Bertz CT molecular complexity index is 725. The normalized spacial score (nSPS) is 21.0. The van der Waals surface area contributed by atoms with Crippen molar-refractivity contribution in [1.29, 1.82) is 0 Å². The summed E-state index contributed by atoms with van der Waals surface area (Å²) in [5.41, 5.74) is 0.732. The van der Waals surface area contributed by atoms with Gasteiger partial charge in [0.05, 0.1) is 0 Å². The first-order valence-corrected chi connectivity index (χ1v) is 10.2. The van der Waals surface area contributed by atoms with Crippen LogP contribution in [0.25, 0.3) is 0 Å². The number of nitrogens with zero attached hydrogens (tertiary/aromatic N) is 2. The zero-order valence-corrected chi connectivity index (χ0v) is 19.4. The maximum absolute atomic E-state index is 13.4. The van der Waals surface area contributed by atoms with Crippen molar-refractivity contribution in [1.82, 2.24) is 15.5 Å². The van der Waals surface area contributed by atoms with E-state index in [0.717, 1.165) is 37.4 Å². The lowest BCUT2D eigenvalue weighted by atomic mass is 10.0. The Kier molecular flexibility index (Phi) is 9.10. The summed E-state index contributed by atoms with van der Waals surface area (Å²) in [5.74, 6) is -0.485. The lowest BCUT2D eigenvalue weighted by molar-refractivity contribution is -0.134. The molecule has 3 rings (SSSR count). The van der Waals surface area contributed by atoms with Crippen LogP contribution in [0.1, 0.15) is 50.5 Å². The summed E-state index contributed by atoms with van der Waals surface area (Å²) >= 11 is 0. The lowest BCUT2D eigenvalue weighted by Gasteiger charge is -2.22. The van der Waals surface area contributed by atoms with Crippen LogP contribution in [0.2, 0.25) is 0 Å². The van der Waals surface area contributed by atoms with Crippen LogP contribution < -0.4 is 10.6 Å². The summed E-state index contributed by atoms with van der Waals surface area (Å²) in [6.07, 6.45) is 5.28. The van der Waals surface area contributed by atoms with Crippen LogP contribution in [0.15, 0.2) is 23.2 Å². The van der Waals surface area contributed by atoms with Crippen LogP contribution in [0.3, 0.4) is 0 Å². The Morgan fingerprint density at radius 1 is 1.24 bits per heavy atom. The molecule has 29 heavy (non-hydrogen) atoms. The SMILES string of the molecule is CN=C(NCC(C)c1ccc(F)c(F)c1)NC1CCN(C(=O)C2CCCC2)C1.I. The zero-order valence-electron chi connectivity index (χ0n) is 17.1. The van der Waals surface area contributed by atoms with Gasteiger partial charge >= 0.3 is 0 Å². The Morgan fingerprint density at radius 3 is 2.62 bits per heavy atom. The van der Waals surface area contributed by atoms with E-state index in [9.17, 15) is 13.6 Å². The van der Waals surface area contributed by atoms with Crippen LogP contribution in [0.4, 0.5) is 8.78 Å². The molecule has 8 heteroatoms. The van der Waals surface area contributed by atoms with E-state index in [4.69, 9.17) is 0 Å². The highest BCUT2D eigenvalue weighted by Crippen LogP contribution is 2.27. The molecule has 1 amide bonds. The van der Waals surface area contributed by atoms with E-state index in [2.05, 4.69) is 15.6 Å². The number of halogens is 3. The van der Waals surface area contributed by atoms with Crippen molar-refractivity contribution >= 4 is 35.8 Å². The van der Waals surface area contributed by atoms with Gasteiger partial charge in [-0.2, -0.15) is 0 Å². The molecule has 1 aromatic carbocycles.